The molecule has 0 bridgehead atoms. The van der Waals surface area contributed by atoms with Gasteiger partial charge in [0.2, 0.25) is 11.8 Å². The Kier molecular flexibility index (Phi) is 50.4. The molecule has 0 aromatic heterocycles. The molecule has 1 N–H and O–H groups in total. The SMILES string of the molecule is CCCCCCCCCCN(CCCCCCCCCC)C(=O)CCCCCCCN(CCCCCCCC(=O)N(CCCCCCCCCC)CCCCCCCCCC)[C@H]1CCCC[C@H]1CCO. The minimum absolute atomic E-state index is 0.317. The van der Waals surface area contributed by atoms with Crippen molar-refractivity contribution in [2.24, 2.45) is 5.92 Å². The quantitative estimate of drug-likeness (QED) is 0.0617. The van der Waals surface area contributed by atoms with E-state index in [1.807, 2.05) is 0 Å². The first kappa shape index (κ1) is 66.9. The number of hydrogen-bond acceptors (Lipinski definition) is 4. The zero-order valence-corrected chi connectivity index (χ0v) is 48.4. The maximum atomic E-state index is 13.5. The van der Waals surface area contributed by atoms with E-state index in [0.29, 0.717) is 30.4 Å². The highest BCUT2D eigenvalue weighted by Gasteiger charge is 2.29. The van der Waals surface area contributed by atoms with E-state index in [0.717, 1.165) is 58.3 Å². The van der Waals surface area contributed by atoms with Crippen LogP contribution in [0.1, 0.15) is 342 Å². The van der Waals surface area contributed by atoms with Gasteiger partial charge in [0.1, 0.15) is 0 Å². The Labute approximate surface area is 439 Å². The maximum absolute atomic E-state index is 13.5. The minimum atomic E-state index is 0.317. The van der Waals surface area contributed by atoms with E-state index in [1.54, 1.807) is 0 Å². The second kappa shape index (κ2) is 52.7. The first-order valence-electron chi connectivity index (χ1n) is 32.4. The Hall–Kier alpha value is -1.14. The normalized spacial score (nSPS) is 15.1. The van der Waals surface area contributed by atoms with Gasteiger partial charge < -0.3 is 19.8 Å². The number of aliphatic hydroxyl groups excluding tert-OH is 1. The van der Waals surface area contributed by atoms with Gasteiger partial charge in [-0.3, -0.25) is 9.59 Å². The van der Waals surface area contributed by atoms with Crippen LogP contribution in [0.5, 0.6) is 0 Å². The second-order valence-electron chi connectivity index (χ2n) is 22.9. The number of nitrogens with zero attached hydrogens (tertiary/aromatic N) is 3. The van der Waals surface area contributed by atoms with Crippen molar-refractivity contribution in [3.8, 4) is 0 Å². The lowest BCUT2D eigenvalue weighted by molar-refractivity contribution is -0.132. The van der Waals surface area contributed by atoms with E-state index in [-0.39, 0.29) is 0 Å². The van der Waals surface area contributed by atoms with Crippen molar-refractivity contribution in [1.29, 1.82) is 0 Å². The summed E-state index contributed by atoms with van der Waals surface area (Å²) in [5.74, 6) is 1.47. The third-order valence-corrected chi connectivity index (χ3v) is 16.3. The van der Waals surface area contributed by atoms with E-state index in [4.69, 9.17) is 0 Å². The second-order valence-corrected chi connectivity index (χ2v) is 22.9. The molecule has 0 spiro atoms. The molecule has 416 valence electrons. The van der Waals surface area contributed by atoms with Gasteiger partial charge in [0.05, 0.1) is 0 Å². The Morgan fingerprint density at radius 2 is 0.600 bits per heavy atom. The first-order valence-corrected chi connectivity index (χ1v) is 32.4. The molecule has 1 rings (SSSR count). The molecule has 6 nitrogen and oxygen atoms in total. The molecular weight excluding hydrogens is 859 g/mol. The maximum Gasteiger partial charge on any atom is 0.222 e. The van der Waals surface area contributed by atoms with Gasteiger partial charge in [-0.1, -0.05) is 259 Å². The van der Waals surface area contributed by atoms with Crippen molar-refractivity contribution in [3.63, 3.8) is 0 Å². The number of hydrogen-bond donors (Lipinski definition) is 1. The molecule has 1 saturated carbocycles. The molecule has 1 aliphatic rings. The molecule has 0 saturated heterocycles. The monoisotopic (exact) mass is 986 g/mol. The standard InChI is InChI=1S/C64H127N3O3/c1-5-9-13-17-21-25-33-45-56-66(57-46-34-26-22-18-14-10-6-2)63(69)51-39-31-29-37-43-54-65(62-50-42-41-49-61(62)53-60-68)55-44-38-30-32-40-52-64(70)67(58-47-35-27-23-19-15-11-7-3)59-48-36-28-24-20-16-12-8-4/h61-62,68H,5-60H2,1-4H3/t61-,62-/m0/s1. The van der Waals surface area contributed by atoms with E-state index >= 15 is 0 Å². The summed E-state index contributed by atoms with van der Waals surface area (Å²) in [6.45, 7) is 15.7. The van der Waals surface area contributed by atoms with E-state index in [9.17, 15) is 14.7 Å². The fraction of sp³-hybridized carbons (Fsp3) is 0.969. The first-order chi connectivity index (χ1) is 34.5. The molecular formula is C64H127N3O3. The summed E-state index contributed by atoms with van der Waals surface area (Å²) < 4.78 is 0. The molecule has 1 fully saturated rings. The number of unbranched alkanes of at least 4 members (excludes halogenated alkanes) is 36. The average Bonchev–Trinajstić information content (AvgIpc) is 3.37. The highest BCUT2D eigenvalue weighted by Crippen LogP contribution is 2.31. The van der Waals surface area contributed by atoms with Crippen LogP contribution in [0.15, 0.2) is 0 Å². The summed E-state index contributed by atoms with van der Waals surface area (Å²) >= 11 is 0. The molecule has 70 heavy (non-hydrogen) atoms. The molecule has 0 aliphatic heterocycles. The van der Waals surface area contributed by atoms with Crippen molar-refractivity contribution < 1.29 is 14.7 Å². The Morgan fingerprint density at radius 1 is 0.343 bits per heavy atom. The van der Waals surface area contributed by atoms with Crippen LogP contribution in [-0.2, 0) is 9.59 Å². The summed E-state index contributed by atoms with van der Waals surface area (Å²) in [4.78, 5) is 34.4. The van der Waals surface area contributed by atoms with E-state index < -0.39 is 0 Å². The van der Waals surface area contributed by atoms with Crippen LogP contribution in [0.2, 0.25) is 0 Å². The minimum Gasteiger partial charge on any atom is -0.396 e. The number of rotatable bonds is 55. The van der Waals surface area contributed by atoms with Gasteiger partial charge >= 0.3 is 0 Å². The number of aliphatic hydroxyl groups is 1. The summed E-state index contributed by atoms with van der Waals surface area (Å²) in [6.07, 6.45) is 61.8. The van der Waals surface area contributed by atoms with Gasteiger partial charge in [-0.15, -0.1) is 0 Å². The summed E-state index contributed by atoms with van der Waals surface area (Å²) in [5, 5.41) is 9.97. The average molecular weight is 987 g/mol. The lowest BCUT2D eigenvalue weighted by Crippen LogP contribution is -2.44. The fourth-order valence-corrected chi connectivity index (χ4v) is 11.6. The third-order valence-electron chi connectivity index (χ3n) is 16.3. The smallest absolute Gasteiger partial charge is 0.222 e. The zero-order valence-electron chi connectivity index (χ0n) is 48.4. The highest BCUT2D eigenvalue weighted by molar-refractivity contribution is 5.76. The molecule has 0 aromatic carbocycles. The fourth-order valence-electron chi connectivity index (χ4n) is 11.6. The number of carbonyl (C=O) groups is 2. The van der Waals surface area contributed by atoms with Crippen LogP contribution >= 0.6 is 0 Å². The zero-order chi connectivity index (χ0) is 50.6. The van der Waals surface area contributed by atoms with Crippen molar-refractivity contribution in [3.05, 3.63) is 0 Å². The predicted molar refractivity (Wildman–Crippen MR) is 308 cm³/mol. The van der Waals surface area contributed by atoms with E-state index in [1.165, 1.54) is 296 Å². The van der Waals surface area contributed by atoms with Crippen LogP contribution in [-0.4, -0.2) is 83.5 Å². The van der Waals surface area contributed by atoms with Crippen LogP contribution in [0.4, 0.5) is 0 Å². The van der Waals surface area contributed by atoms with Gasteiger partial charge in [0.25, 0.3) is 0 Å². The molecule has 2 atom stereocenters. The molecule has 0 heterocycles. The summed E-state index contributed by atoms with van der Waals surface area (Å²) in [6, 6.07) is 0.623. The molecule has 0 radical (unpaired) electrons. The molecule has 1 aliphatic carbocycles. The van der Waals surface area contributed by atoms with Gasteiger partial charge in [-0.25, -0.2) is 0 Å². The summed E-state index contributed by atoms with van der Waals surface area (Å²) in [7, 11) is 0. The molecule has 6 heteroatoms. The predicted octanol–water partition coefficient (Wildman–Crippen LogP) is 19.1. The Bertz CT molecular complexity index is 974. The van der Waals surface area contributed by atoms with Gasteiger partial charge in [0, 0.05) is 51.7 Å². The number of carbonyl (C=O) groups excluding carboxylic acids is 2. The van der Waals surface area contributed by atoms with Crippen LogP contribution in [0, 0.1) is 5.92 Å². The van der Waals surface area contributed by atoms with Crippen LogP contribution < -0.4 is 0 Å². The van der Waals surface area contributed by atoms with Gasteiger partial charge in [-0.05, 0) is 89.6 Å². The van der Waals surface area contributed by atoms with E-state index in [2.05, 4.69) is 42.4 Å². The third kappa shape index (κ3) is 40.3. The molecule has 2 amide bonds. The Morgan fingerprint density at radius 3 is 0.900 bits per heavy atom. The van der Waals surface area contributed by atoms with Crippen molar-refractivity contribution in [2.45, 2.75) is 348 Å². The van der Waals surface area contributed by atoms with Gasteiger partial charge in [0.15, 0.2) is 0 Å². The summed E-state index contributed by atoms with van der Waals surface area (Å²) in [5.41, 5.74) is 0. The largest absolute Gasteiger partial charge is 0.396 e. The van der Waals surface area contributed by atoms with Gasteiger partial charge in [-0.2, -0.15) is 0 Å². The number of amides is 2. The van der Waals surface area contributed by atoms with Crippen molar-refractivity contribution >= 4 is 11.8 Å². The molecule has 0 aromatic rings. The Balaban J connectivity index is 2.53. The molecule has 0 unspecified atom stereocenters. The lowest BCUT2D eigenvalue weighted by atomic mass is 9.81. The van der Waals surface area contributed by atoms with Crippen LogP contribution in [0.25, 0.3) is 0 Å². The van der Waals surface area contributed by atoms with Crippen LogP contribution in [0.3, 0.4) is 0 Å². The van der Waals surface area contributed by atoms with Crippen molar-refractivity contribution in [2.75, 3.05) is 45.9 Å². The highest BCUT2D eigenvalue weighted by atomic mass is 16.3. The topological polar surface area (TPSA) is 64.1 Å². The lowest BCUT2D eigenvalue weighted by Gasteiger charge is -2.40. The van der Waals surface area contributed by atoms with Crippen molar-refractivity contribution in [1.82, 2.24) is 14.7 Å².